The second-order valence-electron chi connectivity index (χ2n) is 7.40. The fourth-order valence-electron chi connectivity index (χ4n) is 2.91. The quantitative estimate of drug-likeness (QED) is 0.260. The van der Waals surface area contributed by atoms with Gasteiger partial charge in [0.1, 0.15) is 0 Å². The predicted octanol–water partition coefficient (Wildman–Crippen LogP) is 3.88. The third kappa shape index (κ3) is 7.54. The Morgan fingerprint density at radius 1 is 1.13 bits per heavy atom. The van der Waals surface area contributed by atoms with Crippen molar-refractivity contribution < 1.29 is 4.52 Å². The van der Waals surface area contributed by atoms with Gasteiger partial charge in [-0.15, -0.1) is 24.0 Å². The molecule has 2 N–H and O–H groups in total. The van der Waals surface area contributed by atoms with E-state index in [1.165, 1.54) is 0 Å². The molecule has 3 aromatic rings. The van der Waals surface area contributed by atoms with Gasteiger partial charge in [-0.1, -0.05) is 49.3 Å². The van der Waals surface area contributed by atoms with E-state index in [-0.39, 0.29) is 29.5 Å². The Bertz CT molecular complexity index is 1020. The number of aliphatic imine (C=N–C) groups is 1. The highest BCUT2D eigenvalue weighted by molar-refractivity contribution is 14.0. The molecule has 0 atom stereocenters. The normalized spacial score (nSPS) is 11.3. The fourth-order valence-corrected chi connectivity index (χ4v) is 2.91. The van der Waals surface area contributed by atoms with Gasteiger partial charge in [0.2, 0.25) is 0 Å². The highest BCUT2D eigenvalue weighted by Gasteiger charge is 2.08. The van der Waals surface area contributed by atoms with Gasteiger partial charge in [0.05, 0.1) is 25.3 Å². The zero-order valence-electron chi connectivity index (χ0n) is 18.2. The van der Waals surface area contributed by atoms with Gasteiger partial charge in [0.15, 0.2) is 11.7 Å². The van der Waals surface area contributed by atoms with E-state index in [0.717, 1.165) is 35.1 Å². The lowest BCUT2D eigenvalue weighted by molar-refractivity contribution is 0.372. The number of aromatic nitrogens is 2. The predicted molar refractivity (Wildman–Crippen MR) is 134 cm³/mol. The van der Waals surface area contributed by atoms with Crippen molar-refractivity contribution in [2.75, 3.05) is 6.54 Å². The lowest BCUT2D eigenvalue weighted by Gasteiger charge is -2.10. The smallest absolute Gasteiger partial charge is 0.250 e. The van der Waals surface area contributed by atoms with Crippen molar-refractivity contribution in [2.45, 2.75) is 46.3 Å². The van der Waals surface area contributed by atoms with Crippen molar-refractivity contribution in [3.63, 3.8) is 0 Å². The Kier molecular flexibility index (Phi) is 9.77. The summed E-state index contributed by atoms with van der Waals surface area (Å²) in [5, 5.41) is 10.6. The Balaban J connectivity index is 0.00000341. The summed E-state index contributed by atoms with van der Waals surface area (Å²) >= 11 is 0. The maximum atomic E-state index is 11.8. The first-order valence-electron chi connectivity index (χ1n) is 10.3. The van der Waals surface area contributed by atoms with E-state index in [1.54, 1.807) is 22.9 Å². The maximum Gasteiger partial charge on any atom is 0.250 e. The molecule has 8 heteroatoms. The number of nitrogens with zero attached hydrogens (tertiary/aromatic N) is 3. The van der Waals surface area contributed by atoms with Crippen molar-refractivity contribution in [2.24, 2.45) is 4.99 Å². The summed E-state index contributed by atoms with van der Waals surface area (Å²) in [7, 11) is 0. The highest BCUT2D eigenvalue weighted by atomic mass is 127. The molecule has 0 radical (unpaired) electrons. The number of rotatable bonds is 8. The average molecular weight is 535 g/mol. The molecule has 31 heavy (non-hydrogen) atoms. The highest BCUT2D eigenvalue weighted by Crippen LogP contribution is 2.13. The van der Waals surface area contributed by atoms with Gasteiger partial charge < -0.3 is 19.7 Å². The average Bonchev–Trinajstić information content (AvgIpc) is 3.22. The summed E-state index contributed by atoms with van der Waals surface area (Å²) in [5.74, 6) is 1.85. The third-order valence-corrected chi connectivity index (χ3v) is 4.64. The molecule has 3 rings (SSSR count). The Labute approximate surface area is 200 Å². The van der Waals surface area contributed by atoms with Crippen LogP contribution in [0.5, 0.6) is 0 Å². The molecule has 0 spiro atoms. The van der Waals surface area contributed by atoms with Crippen LogP contribution >= 0.6 is 24.0 Å². The Morgan fingerprint density at radius 3 is 2.52 bits per heavy atom. The minimum absolute atomic E-state index is 0. The van der Waals surface area contributed by atoms with Crippen LogP contribution in [-0.4, -0.2) is 22.2 Å². The van der Waals surface area contributed by atoms with Gasteiger partial charge in [-0.05, 0) is 30.0 Å². The molecule has 2 aromatic heterocycles. The van der Waals surface area contributed by atoms with Crippen LogP contribution in [0.25, 0.3) is 0 Å². The summed E-state index contributed by atoms with van der Waals surface area (Å²) in [6.07, 6.45) is 1.80. The summed E-state index contributed by atoms with van der Waals surface area (Å²) in [4.78, 5) is 16.5. The van der Waals surface area contributed by atoms with E-state index >= 15 is 0 Å². The number of hydrogen-bond donors (Lipinski definition) is 2. The van der Waals surface area contributed by atoms with Crippen molar-refractivity contribution in [3.05, 3.63) is 87.7 Å². The van der Waals surface area contributed by atoms with E-state index in [2.05, 4.69) is 34.6 Å². The molecular formula is C23H30IN5O2. The standard InChI is InChI=1S/C23H29N5O2.HI/c1-4-24-23(26-15-20-13-21(17(2)3)27-30-20)25-14-18-8-10-19(11-9-18)16-28-12-6-5-7-22(28)29;/h5-13,17H,4,14-16H2,1-3H3,(H2,24,25,26);1H. The van der Waals surface area contributed by atoms with Crippen molar-refractivity contribution >= 4 is 29.9 Å². The Morgan fingerprint density at radius 2 is 1.87 bits per heavy atom. The molecule has 166 valence electrons. The van der Waals surface area contributed by atoms with Gasteiger partial charge in [-0.3, -0.25) is 4.79 Å². The number of nitrogens with one attached hydrogen (secondary N) is 2. The summed E-state index contributed by atoms with van der Waals surface area (Å²) in [6.45, 7) is 8.61. The van der Waals surface area contributed by atoms with Crippen LogP contribution < -0.4 is 16.2 Å². The second kappa shape index (κ2) is 12.3. The van der Waals surface area contributed by atoms with E-state index < -0.39 is 0 Å². The summed E-state index contributed by atoms with van der Waals surface area (Å²) in [5.41, 5.74) is 3.12. The minimum Gasteiger partial charge on any atom is -0.359 e. The molecule has 2 heterocycles. The Hall–Kier alpha value is -2.62. The molecule has 0 saturated heterocycles. The van der Waals surface area contributed by atoms with Crippen LogP contribution in [0.15, 0.2) is 69.0 Å². The molecule has 0 aliphatic carbocycles. The molecule has 7 nitrogen and oxygen atoms in total. The number of benzene rings is 1. The topological polar surface area (TPSA) is 84.5 Å². The number of pyridine rings is 1. The first-order valence-corrected chi connectivity index (χ1v) is 10.3. The van der Waals surface area contributed by atoms with Crippen LogP contribution in [0.2, 0.25) is 0 Å². The monoisotopic (exact) mass is 535 g/mol. The molecule has 0 unspecified atom stereocenters. The number of hydrogen-bond acceptors (Lipinski definition) is 4. The zero-order chi connectivity index (χ0) is 21.3. The largest absolute Gasteiger partial charge is 0.359 e. The molecule has 0 aliphatic rings. The second-order valence-corrected chi connectivity index (χ2v) is 7.40. The molecule has 1 aromatic carbocycles. The van der Waals surface area contributed by atoms with Crippen LogP contribution in [0.4, 0.5) is 0 Å². The molecule has 0 bridgehead atoms. The van der Waals surface area contributed by atoms with Crippen LogP contribution in [0, 0.1) is 0 Å². The van der Waals surface area contributed by atoms with Gasteiger partial charge in [-0.25, -0.2) is 4.99 Å². The van der Waals surface area contributed by atoms with Gasteiger partial charge in [-0.2, -0.15) is 0 Å². The van der Waals surface area contributed by atoms with E-state index in [9.17, 15) is 4.79 Å². The maximum absolute atomic E-state index is 11.8. The first-order chi connectivity index (χ1) is 14.5. The van der Waals surface area contributed by atoms with Crippen LogP contribution in [0.1, 0.15) is 49.3 Å². The number of halogens is 1. The lowest BCUT2D eigenvalue weighted by atomic mass is 10.1. The van der Waals surface area contributed by atoms with Gasteiger partial charge >= 0.3 is 0 Å². The van der Waals surface area contributed by atoms with Crippen molar-refractivity contribution in [3.8, 4) is 0 Å². The number of guanidine groups is 1. The molecule has 0 saturated carbocycles. The van der Waals surface area contributed by atoms with E-state index in [0.29, 0.717) is 25.6 Å². The lowest BCUT2D eigenvalue weighted by Crippen LogP contribution is -2.36. The summed E-state index contributed by atoms with van der Waals surface area (Å²) < 4.78 is 7.06. The van der Waals surface area contributed by atoms with Crippen molar-refractivity contribution in [1.82, 2.24) is 20.4 Å². The first kappa shape index (κ1) is 24.6. The SMILES string of the molecule is CCNC(=NCc1ccc(Cn2ccccc2=O)cc1)NCc1cc(C(C)C)no1.I. The molecule has 0 amide bonds. The van der Waals surface area contributed by atoms with E-state index in [1.807, 2.05) is 43.3 Å². The third-order valence-electron chi connectivity index (χ3n) is 4.64. The molecule has 0 fully saturated rings. The van der Waals surface area contributed by atoms with Crippen LogP contribution in [0.3, 0.4) is 0 Å². The van der Waals surface area contributed by atoms with Gasteiger partial charge in [0.25, 0.3) is 5.56 Å². The van der Waals surface area contributed by atoms with Gasteiger partial charge in [0, 0.05) is 24.9 Å². The summed E-state index contributed by atoms with van der Waals surface area (Å²) in [6, 6.07) is 15.3. The van der Waals surface area contributed by atoms with E-state index in [4.69, 9.17) is 4.52 Å². The zero-order valence-corrected chi connectivity index (χ0v) is 20.5. The van der Waals surface area contributed by atoms with Crippen LogP contribution in [-0.2, 0) is 19.6 Å². The molecular weight excluding hydrogens is 505 g/mol. The molecule has 0 aliphatic heterocycles. The van der Waals surface area contributed by atoms with Crippen molar-refractivity contribution in [1.29, 1.82) is 0 Å². The minimum atomic E-state index is -0.000181. The fraction of sp³-hybridized carbons (Fsp3) is 0.348.